The van der Waals surface area contributed by atoms with Gasteiger partial charge in [0.05, 0.1) is 0 Å². The van der Waals surface area contributed by atoms with E-state index in [0.717, 1.165) is 35.0 Å². The molecule has 0 unspecified atom stereocenters. The maximum absolute atomic E-state index is 2.36. The molecule has 0 radical (unpaired) electrons. The van der Waals surface area contributed by atoms with Crippen molar-refractivity contribution in [3.63, 3.8) is 0 Å². The van der Waals surface area contributed by atoms with Crippen LogP contribution in [0.1, 0.15) is 0 Å². The number of allylic oxidation sites excluding steroid dienone is 2. The molecular formula is C5H4SSe2. The fraction of sp³-hybridized carbons (Fsp3) is 0. The Balaban J connectivity index is 2.43. The Morgan fingerprint density at radius 3 is 2.25 bits per heavy atom. The van der Waals surface area contributed by atoms with Crippen molar-refractivity contribution < 1.29 is 0 Å². The Morgan fingerprint density at radius 1 is 1.12 bits per heavy atom. The van der Waals surface area contributed by atoms with Gasteiger partial charge >= 0.3 is 62.0 Å². The van der Waals surface area contributed by atoms with Gasteiger partial charge in [-0.05, 0) is 0 Å². The van der Waals surface area contributed by atoms with Crippen LogP contribution in [0.5, 0.6) is 0 Å². The minimum atomic E-state index is 0.752. The predicted molar refractivity (Wildman–Crippen MR) is 42.4 cm³/mol. The zero-order valence-corrected chi connectivity index (χ0v) is 8.28. The van der Waals surface area contributed by atoms with Crippen LogP contribution in [0.2, 0.25) is 0 Å². The van der Waals surface area contributed by atoms with E-state index in [0.29, 0.717) is 0 Å². The van der Waals surface area contributed by atoms with Crippen molar-refractivity contribution in [3.8, 4) is 0 Å². The van der Waals surface area contributed by atoms with Crippen LogP contribution in [0.4, 0.5) is 0 Å². The maximum atomic E-state index is 2.36. The number of rotatable bonds is 0. The quantitative estimate of drug-likeness (QED) is 0.441. The molecule has 42 valence electrons. The second kappa shape index (κ2) is 2.17. The topological polar surface area (TPSA) is 0 Å². The van der Waals surface area contributed by atoms with Gasteiger partial charge in [0, 0.05) is 0 Å². The second-order valence-corrected chi connectivity index (χ2v) is 13.7. The van der Waals surface area contributed by atoms with Crippen LogP contribution in [-0.2, 0) is 0 Å². The molecule has 2 heterocycles. The third-order valence-corrected chi connectivity index (χ3v) is 13.9. The summed E-state index contributed by atoms with van der Waals surface area (Å²) in [5.41, 5.74) is 0. The molecule has 0 saturated heterocycles. The molecule has 0 spiro atoms. The molecule has 3 heteroatoms. The first-order valence-electron chi connectivity index (χ1n) is 2.25. The molecule has 0 atom stereocenters. The molecule has 0 N–H and O–H groups in total. The van der Waals surface area contributed by atoms with E-state index in [-0.39, 0.29) is 0 Å². The average Bonchev–Trinajstić information content (AvgIpc) is 2.15. The molecule has 0 saturated carbocycles. The summed E-state index contributed by atoms with van der Waals surface area (Å²) < 4.78 is 0. The van der Waals surface area contributed by atoms with Gasteiger partial charge < -0.3 is 0 Å². The molecular weight excluding hydrogens is 250 g/mol. The number of hydrogen-bond donors (Lipinski definition) is 0. The predicted octanol–water partition coefficient (Wildman–Crippen LogP) is 0.721. The average molecular weight is 254 g/mol. The van der Waals surface area contributed by atoms with Crippen LogP contribution < -0.4 is 0 Å². The van der Waals surface area contributed by atoms with E-state index < -0.39 is 0 Å². The molecule has 0 bridgehead atoms. The molecule has 2 rings (SSSR count). The van der Waals surface area contributed by atoms with Crippen molar-refractivity contribution in [1.29, 1.82) is 0 Å². The van der Waals surface area contributed by atoms with E-state index in [2.05, 4.69) is 22.1 Å². The Hall–Kier alpha value is 0.739. The first-order chi connectivity index (χ1) is 3.97. The van der Waals surface area contributed by atoms with Crippen LogP contribution >= 0.6 is 7.32 Å². The second-order valence-electron chi connectivity index (χ2n) is 1.44. The molecule has 0 aliphatic carbocycles. The van der Waals surface area contributed by atoms with E-state index in [4.69, 9.17) is 0 Å². The first kappa shape index (κ1) is 5.52. The monoisotopic (exact) mass is 256 g/mol. The van der Waals surface area contributed by atoms with Crippen molar-refractivity contribution >= 4 is 39.9 Å². The van der Waals surface area contributed by atoms with Crippen LogP contribution in [0.15, 0.2) is 22.1 Å². The standard InChI is InChI=1S/C5H4SSe2/c1-3-7-6-5(1)2-4-8-6/h1-4H. The molecule has 8 heavy (non-hydrogen) atoms. The van der Waals surface area contributed by atoms with E-state index in [1.165, 1.54) is 0 Å². The van der Waals surface area contributed by atoms with Crippen LogP contribution in [0.3, 0.4) is 0 Å². The molecule has 0 amide bonds. The summed E-state index contributed by atoms with van der Waals surface area (Å²) in [5.74, 6) is 0. The molecule has 0 aromatic rings. The fourth-order valence-corrected chi connectivity index (χ4v) is 12.0. The summed E-state index contributed by atoms with van der Waals surface area (Å²) in [6.07, 6.45) is 4.60. The van der Waals surface area contributed by atoms with Crippen molar-refractivity contribution in [1.82, 2.24) is 0 Å². The fourth-order valence-electron chi connectivity index (χ4n) is 0.591. The van der Waals surface area contributed by atoms with Gasteiger partial charge in [0.1, 0.15) is 0 Å². The Morgan fingerprint density at radius 2 is 1.75 bits per heavy atom. The summed E-state index contributed by atoms with van der Waals surface area (Å²) in [7, 11) is 0.752. The van der Waals surface area contributed by atoms with Gasteiger partial charge in [-0.25, -0.2) is 0 Å². The third kappa shape index (κ3) is 0.792. The summed E-state index contributed by atoms with van der Waals surface area (Å²) in [5, 5.41) is 0. The molecule has 0 aromatic carbocycles. The van der Waals surface area contributed by atoms with Crippen LogP contribution in [0.25, 0.3) is 0 Å². The third-order valence-electron chi connectivity index (χ3n) is 0.943. The van der Waals surface area contributed by atoms with Crippen molar-refractivity contribution in [2.24, 2.45) is 0 Å². The summed E-state index contributed by atoms with van der Waals surface area (Å²) in [4.78, 5) is 6.35. The van der Waals surface area contributed by atoms with Gasteiger partial charge in [-0.3, -0.25) is 0 Å². The Bertz CT molecular complexity index is 182. The SMILES string of the molecule is C1=CC2=S([Se]1)[Se]C=C2. The molecule has 0 fully saturated rings. The van der Waals surface area contributed by atoms with Crippen LogP contribution in [-0.4, -0.2) is 32.5 Å². The molecule has 0 nitrogen and oxygen atoms in total. The van der Waals surface area contributed by atoms with E-state index in [1.54, 1.807) is 4.86 Å². The summed E-state index contributed by atoms with van der Waals surface area (Å²) in [6.45, 7) is 0. The normalized spacial score (nSPS) is 25.2. The molecule has 2 aliphatic rings. The zero-order valence-electron chi connectivity index (χ0n) is 4.03. The van der Waals surface area contributed by atoms with Crippen molar-refractivity contribution in [2.75, 3.05) is 0 Å². The minimum absolute atomic E-state index is 0.752. The van der Waals surface area contributed by atoms with Crippen molar-refractivity contribution in [2.45, 2.75) is 0 Å². The van der Waals surface area contributed by atoms with E-state index in [9.17, 15) is 0 Å². The summed E-state index contributed by atoms with van der Waals surface area (Å²) >= 11 is 1.69. The van der Waals surface area contributed by atoms with E-state index >= 15 is 0 Å². The zero-order chi connectivity index (χ0) is 5.40. The van der Waals surface area contributed by atoms with Gasteiger partial charge in [0.25, 0.3) is 0 Å². The van der Waals surface area contributed by atoms with E-state index in [1.807, 2.05) is 0 Å². The Labute approximate surface area is 61.8 Å². The van der Waals surface area contributed by atoms with Crippen LogP contribution in [0, 0.1) is 0 Å². The van der Waals surface area contributed by atoms with Crippen molar-refractivity contribution in [3.05, 3.63) is 22.1 Å². The summed E-state index contributed by atoms with van der Waals surface area (Å²) in [6, 6.07) is 0. The Kier molecular flexibility index (Phi) is 1.49. The molecule has 0 aromatic heterocycles. The van der Waals surface area contributed by atoms with Gasteiger partial charge in [0.15, 0.2) is 0 Å². The number of hydrogen-bond acceptors (Lipinski definition) is 0. The first-order valence-corrected chi connectivity index (χ1v) is 9.50. The van der Waals surface area contributed by atoms with Gasteiger partial charge in [-0.1, -0.05) is 0 Å². The van der Waals surface area contributed by atoms with Gasteiger partial charge in [-0.15, -0.1) is 0 Å². The van der Waals surface area contributed by atoms with Gasteiger partial charge in [-0.2, -0.15) is 0 Å². The van der Waals surface area contributed by atoms with Gasteiger partial charge in [0.2, 0.25) is 0 Å². The molecule has 2 aliphatic heterocycles.